The number of rotatable bonds is 6. The van der Waals surface area contributed by atoms with Crippen molar-refractivity contribution in [2.75, 3.05) is 0 Å². The van der Waals surface area contributed by atoms with Crippen molar-refractivity contribution in [1.29, 1.82) is 0 Å². The van der Waals surface area contributed by atoms with Crippen LogP contribution >= 0.6 is 11.3 Å². The SMILES string of the molecule is CC[C@H](C)NC(=O)CCc1nnc(-c2ccsc2)o1. The predicted molar refractivity (Wildman–Crippen MR) is 73.8 cm³/mol. The van der Waals surface area contributed by atoms with E-state index in [1.54, 1.807) is 11.3 Å². The number of hydrogen-bond acceptors (Lipinski definition) is 5. The molecule has 0 saturated heterocycles. The Balaban J connectivity index is 1.85. The Kier molecular flexibility index (Phi) is 4.68. The summed E-state index contributed by atoms with van der Waals surface area (Å²) in [6.45, 7) is 4.02. The van der Waals surface area contributed by atoms with Gasteiger partial charge in [-0.15, -0.1) is 10.2 Å². The molecule has 0 aliphatic carbocycles. The Morgan fingerprint density at radius 2 is 2.37 bits per heavy atom. The van der Waals surface area contributed by atoms with E-state index in [2.05, 4.69) is 15.5 Å². The summed E-state index contributed by atoms with van der Waals surface area (Å²) in [5.41, 5.74) is 0.924. The van der Waals surface area contributed by atoms with Gasteiger partial charge in [-0.2, -0.15) is 11.3 Å². The second-order valence-electron chi connectivity index (χ2n) is 4.39. The van der Waals surface area contributed by atoms with Crippen molar-refractivity contribution in [2.45, 2.75) is 39.2 Å². The number of nitrogens with zero attached hydrogens (tertiary/aromatic N) is 2. The minimum Gasteiger partial charge on any atom is -0.421 e. The van der Waals surface area contributed by atoms with Gasteiger partial charge in [0.25, 0.3) is 0 Å². The van der Waals surface area contributed by atoms with E-state index in [-0.39, 0.29) is 11.9 Å². The van der Waals surface area contributed by atoms with E-state index < -0.39 is 0 Å². The lowest BCUT2D eigenvalue weighted by molar-refractivity contribution is -0.121. The summed E-state index contributed by atoms with van der Waals surface area (Å²) in [7, 11) is 0. The molecule has 2 aromatic heterocycles. The van der Waals surface area contributed by atoms with Gasteiger partial charge in [-0.1, -0.05) is 6.92 Å². The largest absolute Gasteiger partial charge is 0.421 e. The number of carbonyl (C=O) groups is 1. The highest BCUT2D eigenvalue weighted by atomic mass is 32.1. The van der Waals surface area contributed by atoms with Crippen molar-refractivity contribution in [3.05, 3.63) is 22.7 Å². The van der Waals surface area contributed by atoms with E-state index in [0.29, 0.717) is 24.6 Å². The molecule has 0 bridgehead atoms. The van der Waals surface area contributed by atoms with Crippen LogP contribution in [0.1, 0.15) is 32.6 Å². The van der Waals surface area contributed by atoms with Crippen molar-refractivity contribution < 1.29 is 9.21 Å². The maximum absolute atomic E-state index is 11.6. The van der Waals surface area contributed by atoms with Gasteiger partial charge in [-0.3, -0.25) is 4.79 Å². The van der Waals surface area contributed by atoms with Crippen molar-refractivity contribution in [2.24, 2.45) is 0 Å². The zero-order chi connectivity index (χ0) is 13.7. The number of hydrogen-bond donors (Lipinski definition) is 1. The molecule has 2 heterocycles. The Morgan fingerprint density at radius 3 is 3.05 bits per heavy atom. The van der Waals surface area contributed by atoms with E-state index in [9.17, 15) is 4.79 Å². The highest BCUT2D eigenvalue weighted by Gasteiger charge is 2.11. The molecule has 1 N–H and O–H groups in total. The topological polar surface area (TPSA) is 68.0 Å². The molecular formula is C13H17N3O2S. The Labute approximate surface area is 116 Å². The van der Waals surface area contributed by atoms with Crippen LogP contribution in [0.25, 0.3) is 11.5 Å². The molecule has 0 aliphatic heterocycles. The van der Waals surface area contributed by atoms with Crippen LogP contribution in [0.2, 0.25) is 0 Å². The molecule has 1 amide bonds. The van der Waals surface area contributed by atoms with Gasteiger partial charge in [0.2, 0.25) is 17.7 Å². The van der Waals surface area contributed by atoms with Gasteiger partial charge in [0.1, 0.15) is 0 Å². The molecule has 0 saturated carbocycles. The lowest BCUT2D eigenvalue weighted by Crippen LogP contribution is -2.32. The monoisotopic (exact) mass is 279 g/mol. The van der Waals surface area contributed by atoms with Gasteiger partial charge >= 0.3 is 0 Å². The standard InChI is InChI=1S/C13H17N3O2S/c1-3-9(2)14-11(17)4-5-12-15-16-13(18-12)10-6-7-19-8-10/h6-9H,3-5H2,1-2H3,(H,14,17)/t9-/m0/s1. The zero-order valence-corrected chi connectivity index (χ0v) is 11.9. The van der Waals surface area contributed by atoms with E-state index in [1.807, 2.05) is 30.7 Å². The fourth-order valence-corrected chi connectivity index (χ4v) is 2.16. The molecule has 0 spiro atoms. The van der Waals surface area contributed by atoms with Crippen LogP contribution in [0.4, 0.5) is 0 Å². The lowest BCUT2D eigenvalue weighted by atomic mass is 10.2. The molecule has 5 nitrogen and oxygen atoms in total. The lowest BCUT2D eigenvalue weighted by Gasteiger charge is -2.10. The van der Waals surface area contributed by atoms with Crippen molar-refractivity contribution in [1.82, 2.24) is 15.5 Å². The fourth-order valence-electron chi connectivity index (χ4n) is 1.53. The predicted octanol–water partition coefficient (Wildman–Crippen LogP) is 2.65. The second kappa shape index (κ2) is 6.47. The minimum atomic E-state index is 0.0182. The number of thiophene rings is 1. The van der Waals surface area contributed by atoms with Crippen LogP contribution in [0.15, 0.2) is 21.2 Å². The fraction of sp³-hybridized carbons (Fsp3) is 0.462. The smallest absolute Gasteiger partial charge is 0.248 e. The minimum absolute atomic E-state index is 0.0182. The van der Waals surface area contributed by atoms with Crippen molar-refractivity contribution >= 4 is 17.2 Å². The molecule has 0 fully saturated rings. The highest BCUT2D eigenvalue weighted by molar-refractivity contribution is 7.08. The Hall–Kier alpha value is -1.69. The second-order valence-corrected chi connectivity index (χ2v) is 5.17. The molecule has 0 radical (unpaired) electrons. The van der Waals surface area contributed by atoms with Gasteiger partial charge in [-0.05, 0) is 24.8 Å². The summed E-state index contributed by atoms with van der Waals surface area (Å²) in [6.07, 6.45) is 1.77. The average Bonchev–Trinajstić information content (AvgIpc) is 3.06. The summed E-state index contributed by atoms with van der Waals surface area (Å²) >= 11 is 1.58. The first-order valence-corrected chi connectivity index (χ1v) is 7.27. The molecular weight excluding hydrogens is 262 g/mol. The van der Waals surface area contributed by atoms with Crippen LogP contribution in [-0.2, 0) is 11.2 Å². The average molecular weight is 279 g/mol. The maximum atomic E-state index is 11.6. The highest BCUT2D eigenvalue weighted by Crippen LogP contribution is 2.20. The van der Waals surface area contributed by atoms with Crippen LogP contribution < -0.4 is 5.32 Å². The summed E-state index contributed by atoms with van der Waals surface area (Å²) in [6, 6.07) is 2.13. The molecule has 1 atom stereocenters. The molecule has 6 heteroatoms. The molecule has 0 aliphatic rings. The van der Waals surface area contributed by atoms with Gasteiger partial charge in [0.05, 0.1) is 0 Å². The Morgan fingerprint density at radius 1 is 1.53 bits per heavy atom. The summed E-state index contributed by atoms with van der Waals surface area (Å²) in [4.78, 5) is 11.6. The first kappa shape index (κ1) is 13.7. The van der Waals surface area contributed by atoms with E-state index in [1.165, 1.54) is 0 Å². The third-order valence-corrected chi connectivity index (χ3v) is 3.50. The van der Waals surface area contributed by atoms with Crippen molar-refractivity contribution in [3.8, 4) is 11.5 Å². The quantitative estimate of drug-likeness (QED) is 0.882. The first-order valence-electron chi connectivity index (χ1n) is 6.33. The number of aromatic nitrogens is 2. The molecule has 0 aromatic carbocycles. The summed E-state index contributed by atoms with van der Waals surface area (Å²) in [5, 5.41) is 14.7. The molecule has 2 aromatic rings. The molecule has 2 rings (SSSR count). The third-order valence-electron chi connectivity index (χ3n) is 2.82. The van der Waals surface area contributed by atoms with E-state index >= 15 is 0 Å². The van der Waals surface area contributed by atoms with E-state index in [0.717, 1.165) is 12.0 Å². The summed E-state index contributed by atoms with van der Waals surface area (Å²) < 4.78 is 5.51. The zero-order valence-electron chi connectivity index (χ0n) is 11.0. The number of amides is 1. The van der Waals surface area contributed by atoms with Crippen LogP contribution in [0.3, 0.4) is 0 Å². The number of aryl methyl sites for hydroxylation is 1. The first-order chi connectivity index (χ1) is 9.19. The van der Waals surface area contributed by atoms with Crippen LogP contribution in [0.5, 0.6) is 0 Å². The van der Waals surface area contributed by atoms with Gasteiger partial charge in [0.15, 0.2) is 0 Å². The maximum Gasteiger partial charge on any atom is 0.248 e. The van der Waals surface area contributed by atoms with Gasteiger partial charge < -0.3 is 9.73 Å². The van der Waals surface area contributed by atoms with Gasteiger partial charge in [-0.25, -0.2) is 0 Å². The normalized spacial score (nSPS) is 12.3. The summed E-state index contributed by atoms with van der Waals surface area (Å²) in [5.74, 6) is 1.03. The molecule has 102 valence electrons. The van der Waals surface area contributed by atoms with Crippen LogP contribution in [-0.4, -0.2) is 22.1 Å². The number of carbonyl (C=O) groups excluding carboxylic acids is 1. The van der Waals surface area contributed by atoms with Crippen LogP contribution in [0, 0.1) is 0 Å². The van der Waals surface area contributed by atoms with Crippen molar-refractivity contribution in [3.63, 3.8) is 0 Å². The van der Waals surface area contributed by atoms with E-state index in [4.69, 9.17) is 4.42 Å². The molecule has 0 unspecified atom stereocenters. The Bertz CT molecular complexity index is 522. The third kappa shape index (κ3) is 3.89. The molecule has 19 heavy (non-hydrogen) atoms. The van der Waals surface area contributed by atoms with Gasteiger partial charge in [0, 0.05) is 29.8 Å². The number of nitrogens with one attached hydrogen (secondary N) is 1.